The van der Waals surface area contributed by atoms with Gasteiger partial charge < -0.3 is 10.6 Å². The van der Waals surface area contributed by atoms with E-state index in [0.717, 1.165) is 18.3 Å². The van der Waals surface area contributed by atoms with Crippen molar-refractivity contribution in [3.63, 3.8) is 0 Å². The fraction of sp³-hybridized carbons (Fsp3) is 0.571. The van der Waals surface area contributed by atoms with E-state index in [0.29, 0.717) is 0 Å². The van der Waals surface area contributed by atoms with E-state index in [1.165, 1.54) is 43.7 Å². The Balaban J connectivity index is 1.78. The van der Waals surface area contributed by atoms with Gasteiger partial charge in [0, 0.05) is 37.1 Å². The molecule has 17 heavy (non-hydrogen) atoms. The Morgan fingerprint density at radius 1 is 1.24 bits per heavy atom. The molecule has 2 saturated heterocycles. The van der Waals surface area contributed by atoms with Crippen LogP contribution in [0.3, 0.4) is 0 Å². The first-order valence-electron chi connectivity index (χ1n) is 6.59. The van der Waals surface area contributed by atoms with Crippen LogP contribution in [-0.2, 0) is 0 Å². The maximum absolute atomic E-state index is 6.00. The topological polar surface area (TPSA) is 32.5 Å². The molecule has 0 amide bonds. The van der Waals surface area contributed by atoms with Gasteiger partial charge in [-0.15, -0.1) is 0 Å². The van der Waals surface area contributed by atoms with Gasteiger partial charge in [-0.3, -0.25) is 4.90 Å². The highest BCUT2D eigenvalue weighted by molar-refractivity contribution is 5.60. The predicted molar refractivity (Wildman–Crippen MR) is 72.4 cm³/mol. The molecule has 1 aromatic rings. The number of nitrogens with zero attached hydrogens (tertiary/aromatic N) is 2. The summed E-state index contributed by atoms with van der Waals surface area (Å²) >= 11 is 0. The van der Waals surface area contributed by atoms with E-state index in [1.807, 2.05) is 0 Å². The van der Waals surface area contributed by atoms with E-state index in [-0.39, 0.29) is 0 Å². The minimum absolute atomic E-state index is 0.770. The second kappa shape index (κ2) is 4.22. The fourth-order valence-electron chi connectivity index (χ4n) is 3.05. The van der Waals surface area contributed by atoms with Crippen molar-refractivity contribution in [2.24, 2.45) is 0 Å². The zero-order chi connectivity index (χ0) is 11.8. The number of nitrogen functional groups attached to an aromatic ring is 1. The SMILES string of the molecule is Cc1ccc(N2CCN3CCCC3C2)cc1N. The van der Waals surface area contributed by atoms with Crippen molar-refractivity contribution in [3.8, 4) is 0 Å². The second-order valence-electron chi connectivity index (χ2n) is 5.32. The number of benzene rings is 1. The molecule has 2 heterocycles. The van der Waals surface area contributed by atoms with Crippen molar-refractivity contribution in [2.45, 2.75) is 25.8 Å². The summed E-state index contributed by atoms with van der Waals surface area (Å²) < 4.78 is 0. The molecule has 0 aromatic heterocycles. The van der Waals surface area contributed by atoms with Crippen LogP contribution in [0.5, 0.6) is 0 Å². The van der Waals surface area contributed by atoms with E-state index in [2.05, 4.69) is 34.9 Å². The lowest BCUT2D eigenvalue weighted by Gasteiger charge is -2.39. The van der Waals surface area contributed by atoms with Crippen LogP contribution in [0, 0.1) is 6.92 Å². The smallest absolute Gasteiger partial charge is 0.0388 e. The van der Waals surface area contributed by atoms with Crippen LogP contribution in [0.2, 0.25) is 0 Å². The Labute approximate surface area is 103 Å². The third-order valence-corrected chi connectivity index (χ3v) is 4.22. The first-order valence-corrected chi connectivity index (χ1v) is 6.59. The van der Waals surface area contributed by atoms with Crippen LogP contribution in [0.25, 0.3) is 0 Å². The average Bonchev–Trinajstić information content (AvgIpc) is 2.79. The van der Waals surface area contributed by atoms with Gasteiger partial charge in [0.25, 0.3) is 0 Å². The number of hydrogen-bond acceptors (Lipinski definition) is 3. The lowest BCUT2D eigenvalue weighted by atomic mass is 10.1. The summed E-state index contributed by atoms with van der Waals surface area (Å²) in [7, 11) is 0. The lowest BCUT2D eigenvalue weighted by molar-refractivity contribution is 0.231. The number of fused-ring (bicyclic) bond motifs is 1. The van der Waals surface area contributed by atoms with Crippen LogP contribution in [0.1, 0.15) is 18.4 Å². The van der Waals surface area contributed by atoms with E-state index in [1.54, 1.807) is 0 Å². The first-order chi connectivity index (χ1) is 8.24. The second-order valence-corrected chi connectivity index (χ2v) is 5.32. The third-order valence-electron chi connectivity index (χ3n) is 4.22. The maximum Gasteiger partial charge on any atom is 0.0388 e. The molecule has 1 aromatic carbocycles. The van der Waals surface area contributed by atoms with Gasteiger partial charge in [-0.1, -0.05) is 6.07 Å². The summed E-state index contributed by atoms with van der Waals surface area (Å²) in [4.78, 5) is 5.12. The van der Waals surface area contributed by atoms with Gasteiger partial charge >= 0.3 is 0 Å². The Morgan fingerprint density at radius 3 is 2.94 bits per heavy atom. The zero-order valence-electron chi connectivity index (χ0n) is 10.5. The summed E-state index contributed by atoms with van der Waals surface area (Å²) in [6, 6.07) is 7.23. The van der Waals surface area contributed by atoms with Gasteiger partial charge in [-0.05, 0) is 44.0 Å². The van der Waals surface area contributed by atoms with Crippen LogP contribution >= 0.6 is 0 Å². The molecule has 0 bridgehead atoms. The number of aryl methyl sites for hydroxylation is 1. The molecule has 2 aliphatic heterocycles. The summed E-state index contributed by atoms with van der Waals surface area (Å²) in [5.74, 6) is 0. The number of nitrogens with two attached hydrogens (primary N) is 1. The van der Waals surface area contributed by atoms with Crippen molar-refractivity contribution in [2.75, 3.05) is 36.8 Å². The van der Waals surface area contributed by atoms with Crippen LogP contribution in [0.15, 0.2) is 18.2 Å². The Bertz CT molecular complexity index is 416. The van der Waals surface area contributed by atoms with E-state index in [9.17, 15) is 0 Å². The standard InChI is InChI=1S/C14H21N3/c1-11-4-5-12(9-14(11)15)17-8-7-16-6-2-3-13(16)10-17/h4-5,9,13H,2-3,6-8,10,15H2,1H3. The van der Waals surface area contributed by atoms with Gasteiger partial charge in [0.1, 0.15) is 0 Å². The normalized spacial score (nSPS) is 25.0. The van der Waals surface area contributed by atoms with Crippen molar-refractivity contribution in [1.82, 2.24) is 4.90 Å². The molecule has 1 atom stereocenters. The van der Waals surface area contributed by atoms with Gasteiger partial charge in [-0.25, -0.2) is 0 Å². The summed E-state index contributed by atoms with van der Waals surface area (Å²) in [6.07, 6.45) is 2.73. The van der Waals surface area contributed by atoms with Crippen LogP contribution in [-0.4, -0.2) is 37.1 Å². The zero-order valence-corrected chi connectivity index (χ0v) is 10.5. The van der Waals surface area contributed by atoms with E-state index < -0.39 is 0 Å². The molecular weight excluding hydrogens is 210 g/mol. The van der Waals surface area contributed by atoms with E-state index >= 15 is 0 Å². The van der Waals surface area contributed by atoms with Crippen molar-refractivity contribution in [3.05, 3.63) is 23.8 Å². The molecule has 0 radical (unpaired) electrons. The quantitative estimate of drug-likeness (QED) is 0.749. The monoisotopic (exact) mass is 231 g/mol. The van der Waals surface area contributed by atoms with Crippen LogP contribution in [0.4, 0.5) is 11.4 Å². The summed E-state index contributed by atoms with van der Waals surface area (Å²) in [6.45, 7) is 6.88. The number of anilines is 2. The highest BCUT2D eigenvalue weighted by Crippen LogP contribution is 2.27. The lowest BCUT2D eigenvalue weighted by Crippen LogP contribution is -2.50. The van der Waals surface area contributed by atoms with Gasteiger partial charge in [0.15, 0.2) is 0 Å². The Morgan fingerprint density at radius 2 is 2.12 bits per heavy atom. The molecule has 92 valence electrons. The minimum atomic E-state index is 0.770. The molecule has 3 rings (SSSR count). The maximum atomic E-state index is 6.00. The fourth-order valence-corrected chi connectivity index (χ4v) is 3.05. The summed E-state index contributed by atoms with van der Waals surface area (Å²) in [5.41, 5.74) is 9.38. The molecule has 2 fully saturated rings. The Kier molecular flexibility index (Phi) is 2.71. The van der Waals surface area contributed by atoms with Crippen LogP contribution < -0.4 is 10.6 Å². The average molecular weight is 231 g/mol. The van der Waals surface area contributed by atoms with Crippen molar-refractivity contribution < 1.29 is 0 Å². The molecule has 2 N–H and O–H groups in total. The van der Waals surface area contributed by atoms with Gasteiger partial charge in [-0.2, -0.15) is 0 Å². The molecule has 1 unspecified atom stereocenters. The number of hydrogen-bond donors (Lipinski definition) is 1. The highest BCUT2D eigenvalue weighted by atomic mass is 15.3. The molecule has 2 aliphatic rings. The molecule has 0 saturated carbocycles. The molecular formula is C14H21N3. The van der Waals surface area contributed by atoms with Gasteiger partial charge in [0.05, 0.1) is 0 Å². The molecule has 0 aliphatic carbocycles. The Hall–Kier alpha value is -1.22. The summed E-state index contributed by atoms with van der Waals surface area (Å²) in [5, 5.41) is 0. The number of rotatable bonds is 1. The predicted octanol–water partition coefficient (Wildman–Crippen LogP) is 1.86. The molecule has 3 heteroatoms. The van der Waals surface area contributed by atoms with Crippen molar-refractivity contribution in [1.29, 1.82) is 0 Å². The molecule has 0 spiro atoms. The largest absolute Gasteiger partial charge is 0.398 e. The highest BCUT2D eigenvalue weighted by Gasteiger charge is 2.30. The number of piperazine rings is 1. The molecule has 3 nitrogen and oxygen atoms in total. The third kappa shape index (κ3) is 2.00. The van der Waals surface area contributed by atoms with E-state index in [4.69, 9.17) is 5.73 Å². The minimum Gasteiger partial charge on any atom is -0.398 e. The first kappa shape index (κ1) is 10.9. The van der Waals surface area contributed by atoms with Crippen molar-refractivity contribution >= 4 is 11.4 Å². The van der Waals surface area contributed by atoms with Gasteiger partial charge in [0.2, 0.25) is 0 Å².